The van der Waals surface area contributed by atoms with Crippen molar-refractivity contribution < 1.29 is 0 Å². The lowest BCUT2D eigenvalue weighted by molar-refractivity contribution is 0.744. The summed E-state index contributed by atoms with van der Waals surface area (Å²) < 4.78 is 0. The summed E-state index contributed by atoms with van der Waals surface area (Å²) in [6, 6.07) is 20.7. The van der Waals surface area contributed by atoms with E-state index in [1.54, 1.807) is 0 Å². The van der Waals surface area contributed by atoms with Crippen molar-refractivity contribution in [1.29, 1.82) is 0 Å². The fraction of sp³-hybridized carbons (Fsp3) is 0.238. The summed E-state index contributed by atoms with van der Waals surface area (Å²) in [4.78, 5) is 14.3. The zero-order valence-corrected chi connectivity index (χ0v) is 14.7. The molecule has 1 aromatic heterocycles. The van der Waals surface area contributed by atoms with Gasteiger partial charge in [-0.3, -0.25) is 0 Å². The van der Waals surface area contributed by atoms with E-state index in [2.05, 4.69) is 66.4 Å². The zero-order chi connectivity index (χ0) is 17.2. The summed E-state index contributed by atoms with van der Waals surface area (Å²) in [5, 5.41) is 0. The first-order valence-corrected chi connectivity index (χ1v) is 8.70. The second-order valence-corrected chi connectivity index (χ2v) is 6.52. The monoisotopic (exact) mass is 330 g/mol. The first-order chi connectivity index (χ1) is 12.2. The van der Waals surface area contributed by atoms with Crippen molar-refractivity contribution in [3.05, 3.63) is 66.2 Å². The van der Waals surface area contributed by atoms with Crippen LogP contribution in [0.3, 0.4) is 0 Å². The maximum atomic E-state index is 4.97. The van der Waals surface area contributed by atoms with Gasteiger partial charge in [-0.2, -0.15) is 0 Å². The molecule has 0 fully saturated rings. The number of aromatic nitrogens is 2. The van der Waals surface area contributed by atoms with Crippen molar-refractivity contribution in [3.8, 4) is 11.4 Å². The molecule has 4 rings (SSSR count). The van der Waals surface area contributed by atoms with Crippen LogP contribution in [0, 0.1) is 0 Å². The van der Waals surface area contributed by atoms with E-state index in [4.69, 9.17) is 9.97 Å². The van der Waals surface area contributed by atoms with Crippen molar-refractivity contribution >= 4 is 17.3 Å². The van der Waals surface area contributed by atoms with Gasteiger partial charge in [-0.1, -0.05) is 48.5 Å². The third-order valence-electron chi connectivity index (χ3n) is 4.55. The lowest BCUT2D eigenvalue weighted by atomic mass is 10.0. The van der Waals surface area contributed by atoms with Gasteiger partial charge in [-0.05, 0) is 25.0 Å². The number of hydrogen-bond donors (Lipinski definition) is 0. The summed E-state index contributed by atoms with van der Waals surface area (Å²) in [5.74, 6) is 2.84. The molecule has 0 unspecified atom stereocenters. The highest BCUT2D eigenvalue weighted by Gasteiger charge is 2.25. The molecule has 2 aromatic carbocycles. The Balaban J connectivity index is 1.90. The van der Waals surface area contributed by atoms with Gasteiger partial charge < -0.3 is 9.80 Å². The van der Waals surface area contributed by atoms with E-state index in [1.807, 2.05) is 18.2 Å². The summed E-state index contributed by atoms with van der Waals surface area (Å²) in [5.41, 5.74) is 3.47. The molecule has 1 aliphatic rings. The first-order valence-electron chi connectivity index (χ1n) is 8.70. The highest BCUT2D eigenvalue weighted by Crippen LogP contribution is 2.37. The van der Waals surface area contributed by atoms with Gasteiger partial charge in [0.1, 0.15) is 11.6 Å². The number of hydrogen-bond acceptors (Lipinski definition) is 4. The van der Waals surface area contributed by atoms with Gasteiger partial charge in [0.2, 0.25) is 0 Å². The zero-order valence-electron chi connectivity index (χ0n) is 14.7. The fourth-order valence-electron chi connectivity index (χ4n) is 3.37. The Hall–Kier alpha value is -2.88. The van der Waals surface area contributed by atoms with Crippen molar-refractivity contribution in [3.63, 3.8) is 0 Å². The minimum atomic E-state index is 0.783. The maximum absolute atomic E-state index is 4.97. The van der Waals surface area contributed by atoms with E-state index in [9.17, 15) is 0 Å². The molecule has 0 saturated heterocycles. The minimum Gasteiger partial charge on any atom is -0.362 e. The Morgan fingerprint density at radius 3 is 2.24 bits per heavy atom. The van der Waals surface area contributed by atoms with Gasteiger partial charge >= 0.3 is 0 Å². The molecule has 0 aliphatic carbocycles. The molecule has 0 bridgehead atoms. The summed E-state index contributed by atoms with van der Waals surface area (Å²) in [6.45, 7) is 0.981. The lowest BCUT2D eigenvalue weighted by Gasteiger charge is -2.32. The topological polar surface area (TPSA) is 32.3 Å². The first kappa shape index (κ1) is 15.6. The SMILES string of the molecule is CN(C)c1nc(-c2ccccc2)nc2c1CCCN2c1ccccc1. The largest absolute Gasteiger partial charge is 0.362 e. The molecule has 1 aliphatic heterocycles. The molecule has 4 nitrogen and oxygen atoms in total. The van der Waals surface area contributed by atoms with E-state index in [-0.39, 0.29) is 0 Å². The van der Waals surface area contributed by atoms with Crippen LogP contribution < -0.4 is 9.80 Å². The van der Waals surface area contributed by atoms with Gasteiger partial charge in [0, 0.05) is 37.5 Å². The third kappa shape index (κ3) is 2.95. The molecule has 0 radical (unpaired) electrons. The van der Waals surface area contributed by atoms with Gasteiger partial charge in [0.05, 0.1) is 0 Å². The number of fused-ring (bicyclic) bond motifs is 1. The van der Waals surface area contributed by atoms with Gasteiger partial charge in [0.15, 0.2) is 5.82 Å². The quantitative estimate of drug-likeness (QED) is 0.717. The van der Waals surface area contributed by atoms with Crippen molar-refractivity contribution in [2.24, 2.45) is 0 Å². The summed E-state index contributed by atoms with van der Waals surface area (Å²) in [6.07, 6.45) is 2.12. The molecule has 2 heterocycles. The number of benzene rings is 2. The van der Waals surface area contributed by atoms with Crippen molar-refractivity contribution in [1.82, 2.24) is 9.97 Å². The van der Waals surface area contributed by atoms with Crippen LogP contribution in [0.1, 0.15) is 12.0 Å². The van der Waals surface area contributed by atoms with E-state index >= 15 is 0 Å². The average Bonchev–Trinajstić information content (AvgIpc) is 2.68. The molecule has 0 N–H and O–H groups in total. The van der Waals surface area contributed by atoms with Crippen LogP contribution in [0.15, 0.2) is 60.7 Å². The molecule has 0 spiro atoms. The molecule has 0 amide bonds. The van der Waals surface area contributed by atoms with Crippen LogP contribution in [-0.4, -0.2) is 30.6 Å². The molecule has 126 valence electrons. The highest BCUT2D eigenvalue weighted by atomic mass is 15.2. The van der Waals surface area contributed by atoms with Gasteiger partial charge in [-0.25, -0.2) is 9.97 Å². The van der Waals surface area contributed by atoms with Crippen LogP contribution in [0.2, 0.25) is 0 Å². The van der Waals surface area contributed by atoms with Crippen LogP contribution in [0.4, 0.5) is 17.3 Å². The van der Waals surface area contributed by atoms with Crippen LogP contribution in [0.5, 0.6) is 0 Å². The Kier molecular flexibility index (Phi) is 4.10. The second-order valence-electron chi connectivity index (χ2n) is 6.52. The average molecular weight is 330 g/mol. The fourth-order valence-corrected chi connectivity index (χ4v) is 3.37. The van der Waals surface area contributed by atoms with Crippen molar-refractivity contribution in [2.75, 3.05) is 30.4 Å². The Labute approximate surface area is 148 Å². The van der Waals surface area contributed by atoms with E-state index in [1.165, 1.54) is 11.3 Å². The van der Waals surface area contributed by atoms with Crippen molar-refractivity contribution in [2.45, 2.75) is 12.8 Å². The van der Waals surface area contributed by atoms with E-state index < -0.39 is 0 Å². The number of nitrogens with zero attached hydrogens (tertiary/aromatic N) is 4. The predicted molar refractivity (Wildman–Crippen MR) is 104 cm³/mol. The molecule has 25 heavy (non-hydrogen) atoms. The number of para-hydroxylation sites is 1. The minimum absolute atomic E-state index is 0.783. The molecule has 0 atom stereocenters. The maximum Gasteiger partial charge on any atom is 0.163 e. The van der Waals surface area contributed by atoms with Gasteiger partial charge in [0.25, 0.3) is 0 Å². The second kappa shape index (κ2) is 6.55. The molecular weight excluding hydrogens is 308 g/mol. The van der Waals surface area contributed by atoms with E-state index in [0.29, 0.717) is 0 Å². The molecule has 0 saturated carbocycles. The molecule has 4 heteroatoms. The highest BCUT2D eigenvalue weighted by molar-refractivity contribution is 5.72. The normalized spacial score (nSPS) is 13.4. The standard InChI is InChI=1S/C21H22N4/c1-24(2)20-18-14-9-15-25(17-12-7-4-8-13-17)21(18)23-19(22-20)16-10-5-3-6-11-16/h3-8,10-13H,9,14-15H2,1-2H3. The van der Waals surface area contributed by atoms with Crippen LogP contribution in [0.25, 0.3) is 11.4 Å². The van der Waals surface area contributed by atoms with Gasteiger partial charge in [-0.15, -0.1) is 0 Å². The molecule has 3 aromatic rings. The predicted octanol–water partition coefficient (Wildman–Crippen LogP) is 4.29. The summed E-state index contributed by atoms with van der Waals surface area (Å²) >= 11 is 0. The number of rotatable bonds is 3. The summed E-state index contributed by atoms with van der Waals surface area (Å²) in [7, 11) is 4.11. The number of anilines is 3. The van der Waals surface area contributed by atoms with Crippen LogP contribution >= 0.6 is 0 Å². The Morgan fingerprint density at radius 1 is 0.880 bits per heavy atom. The molecular formula is C21H22N4. The smallest absolute Gasteiger partial charge is 0.163 e. The Morgan fingerprint density at radius 2 is 1.56 bits per heavy atom. The van der Waals surface area contributed by atoms with E-state index in [0.717, 1.165) is 42.4 Å². The lowest BCUT2D eigenvalue weighted by Crippen LogP contribution is -2.28. The Bertz CT molecular complexity index is 860. The third-order valence-corrected chi connectivity index (χ3v) is 4.55. The van der Waals surface area contributed by atoms with Crippen LogP contribution in [-0.2, 0) is 6.42 Å².